The van der Waals surface area contributed by atoms with E-state index in [2.05, 4.69) is 27.2 Å². The van der Waals surface area contributed by atoms with Gasteiger partial charge in [-0.25, -0.2) is 14.4 Å². The number of benzene rings is 1. The maximum absolute atomic E-state index is 13.7. The Morgan fingerprint density at radius 1 is 1.05 bits per heavy atom. The molecule has 2 aliphatic rings. The molecule has 0 radical (unpaired) electrons. The van der Waals surface area contributed by atoms with E-state index in [1.165, 1.54) is 18.3 Å². The monoisotopic (exact) mass is 520 g/mol. The molecule has 0 spiro atoms. The number of hydrogen-bond donors (Lipinski definition) is 2. The van der Waals surface area contributed by atoms with Crippen molar-refractivity contribution in [3.63, 3.8) is 0 Å². The Morgan fingerprint density at radius 3 is 2.47 bits per heavy atom. The highest BCUT2D eigenvalue weighted by Gasteiger charge is 2.34. The number of ketones is 1. The number of aromatic amines is 1. The second kappa shape index (κ2) is 10.6. The minimum atomic E-state index is -0.694. The fourth-order valence-corrected chi connectivity index (χ4v) is 5.37. The van der Waals surface area contributed by atoms with Gasteiger partial charge in [-0.05, 0) is 57.4 Å². The molecule has 2 fully saturated rings. The summed E-state index contributed by atoms with van der Waals surface area (Å²) in [6, 6.07) is 8.21. The third kappa shape index (κ3) is 5.19. The summed E-state index contributed by atoms with van der Waals surface area (Å²) in [5, 5.41) is 2.21. The summed E-state index contributed by atoms with van der Waals surface area (Å²) in [5.74, 6) is -1.77. The number of Topliss-reactive ketones (excluding diaryl/α,β-unsaturated/α-hetero) is 1. The molecule has 2 saturated heterocycles. The van der Waals surface area contributed by atoms with Gasteiger partial charge in [0.1, 0.15) is 11.5 Å². The average Bonchev–Trinajstić information content (AvgIpc) is 3.55. The van der Waals surface area contributed by atoms with Crippen LogP contribution in [0.5, 0.6) is 0 Å². The van der Waals surface area contributed by atoms with E-state index in [-0.39, 0.29) is 29.4 Å². The van der Waals surface area contributed by atoms with Gasteiger partial charge in [-0.1, -0.05) is 12.1 Å². The molecule has 9 nitrogen and oxygen atoms in total. The first-order valence-corrected chi connectivity index (χ1v) is 13.1. The second-order valence-electron chi connectivity index (χ2n) is 10.4. The topological polar surface area (TPSA) is 102 Å². The number of aromatic nitrogens is 2. The van der Waals surface area contributed by atoms with Crippen molar-refractivity contribution in [1.82, 2.24) is 30.2 Å². The predicted molar refractivity (Wildman–Crippen MR) is 141 cm³/mol. The van der Waals surface area contributed by atoms with Gasteiger partial charge in [0, 0.05) is 56.4 Å². The fourth-order valence-electron chi connectivity index (χ4n) is 5.37. The van der Waals surface area contributed by atoms with Crippen molar-refractivity contribution in [2.24, 2.45) is 0 Å². The Morgan fingerprint density at radius 2 is 1.76 bits per heavy atom. The molecule has 0 saturated carbocycles. The maximum Gasteiger partial charge on any atom is 0.306 e. The highest BCUT2D eigenvalue weighted by Crippen LogP contribution is 2.25. The highest BCUT2D eigenvalue weighted by atomic mass is 19.1. The lowest BCUT2D eigenvalue weighted by molar-refractivity contribution is -0.121. The standard InChI is InChI=1S/C28H33FN6O3/c1-17-15-35(18(2)14-33(17)16-20-6-8-21(29)9-7-20)28(38)22-12-23-24(13-30-26(23)31-19(22)3)25(36)27(37)32-34-10-4-5-11-34/h6-9,12-13,17-18H,4-5,10-11,14-16H2,1-3H3,(H,30,31)(H,32,37)/t17-,18+/m0/s1. The minimum Gasteiger partial charge on any atom is -0.345 e. The number of halogens is 1. The number of amides is 2. The van der Waals surface area contributed by atoms with Crippen LogP contribution in [-0.2, 0) is 11.3 Å². The lowest BCUT2D eigenvalue weighted by Crippen LogP contribution is -2.57. The van der Waals surface area contributed by atoms with Crippen LogP contribution < -0.4 is 5.43 Å². The molecular formula is C28H33FN6O3. The van der Waals surface area contributed by atoms with Crippen molar-refractivity contribution in [3.8, 4) is 0 Å². The Kier molecular flexibility index (Phi) is 7.27. The summed E-state index contributed by atoms with van der Waals surface area (Å²) in [4.78, 5) is 50.9. The number of H-pyrrole nitrogens is 1. The summed E-state index contributed by atoms with van der Waals surface area (Å²) < 4.78 is 13.3. The van der Waals surface area contributed by atoms with E-state index in [1.807, 2.05) is 11.8 Å². The zero-order chi connectivity index (χ0) is 27.0. The SMILES string of the molecule is Cc1nc2[nH]cc(C(=O)C(=O)NN3CCCC3)c2cc1C(=O)N1C[C@H](C)N(Cc2ccc(F)cc2)C[C@H]1C. The molecule has 1 aromatic carbocycles. The largest absolute Gasteiger partial charge is 0.345 e. The lowest BCUT2D eigenvalue weighted by atomic mass is 10.0. The molecular weight excluding hydrogens is 487 g/mol. The minimum absolute atomic E-state index is 0.0622. The van der Waals surface area contributed by atoms with Gasteiger partial charge in [-0.3, -0.25) is 24.7 Å². The first kappa shape index (κ1) is 26.0. The Bertz CT molecular complexity index is 1360. The third-order valence-corrected chi connectivity index (χ3v) is 7.58. The van der Waals surface area contributed by atoms with Crippen LogP contribution in [0.3, 0.4) is 0 Å². The molecule has 2 atom stereocenters. The number of fused-ring (bicyclic) bond motifs is 1. The molecule has 10 heteroatoms. The normalized spacial score (nSPS) is 20.7. The predicted octanol–water partition coefficient (Wildman–Crippen LogP) is 3.06. The number of nitrogens with one attached hydrogen (secondary N) is 2. The molecule has 38 heavy (non-hydrogen) atoms. The zero-order valence-electron chi connectivity index (χ0n) is 22.0. The molecule has 3 aromatic rings. The van der Waals surface area contributed by atoms with Gasteiger partial charge in [-0.15, -0.1) is 0 Å². The van der Waals surface area contributed by atoms with Gasteiger partial charge < -0.3 is 9.88 Å². The van der Waals surface area contributed by atoms with Gasteiger partial charge in [-0.2, -0.15) is 0 Å². The average molecular weight is 521 g/mol. The summed E-state index contributed by atoms with van der Waals surface area (Å²) in [6.07, 6.45) is 3.44. The van der Waals surface area contributed by atoms with E-state index in [1.54, 1.807) is 30.1 Å². The van der Waals surface area contributed by atoms with Crippen molar-refractivity contribution in [2.45, 2.75) is 52.2 Å². The van der Waals surface area contributed by atoms with Crippen LogP contribution in [0.25, 0.3) is 11.0 Å². The number of rotatable bonds is 6. The molecule has 5 rings (SSSR count). The van der Waals surface area contributed by atoms with Gasteiger partial charge in [0.15, 0.2) is 0 Å². The van der Waals surface area contributed by atoms with Crippen LogP contribution in [0.1, 0.15) is 58.7 Å². The number of hydrogen-bond acceptors (Lipinski definition) is 6. The van der Waals surface area contributed by atoms with Crippen molar-refractivity contribution < 1.29 is 18.8 Å². The molecule has 0 unspecified atom stereocenters. The van der Waals surface area contributed by atoms with E-state index < -0.39 is 11.7 Å². The summed E-state index contributed by atoms with van der Waals surface area (Å²) >= 11 is 0. The summed E-state index contributed by atoms with van der Waals surface area (Å²) in [7, 11) is 0. The number of aryl methyl sites for hydroxylation is 1. The van der Waals surface area contributed by atoms with Gasteiger partial charge in [0.05, 0.1) is 16.8 Å². The molecule has 2 aromatic heterocycles. The Hall–Kier alpha value is -3.63. The van der Waals surface area contributed by atoms with E-state index >= 15 is 0 Å². The van der Waals surface area contributed by atoms with E-state index in [9.17, 15) is 18.8 Å². The molecule has 2 N–H and O–H groups in total. The lowest BCUT2D eigenvalue weighted by Gasteiger charge is -2.44. The number of hydrazine groups is 1. The molecule has 2 amide bonds. The van der Waals surface area contributed by atoms with E-state index in [0.717, 1.165) is 31.5 Å². The number of carbonyl (C=O) groups is 3. The molecule has 0 aliphatic carbocycles. The van der Waals surface area contributed by atoms with Crippen molar-refractivity contribution in [2.75, 3.05) is 26.2 Å². The number of nitrogens with zero attached hydrogens (tertiary/aromatic N) is 4. The fraction of sp³-hybridized carbons (Fsp3) is 0.429. The first-order chi connectivity index (χ1) is 18.2. The Labute approximate surface area is 221 Å². The zero-order valence-corrected chi connectivity index (χ0v) is 22.0. The molecule has 0 bridgehead atoms. The number of piperazine rings is 1. The van der Waals surface area contributed by atoms with Crippen LogP contribution in [0.4, 0.5) is 4.39 Å². The highest BCUT2D eigenvalue weighted by molar-refractivity contribution is 6.44. The van der Waals surface area contributed by atoms with Crippen molar-refractivity contribution >= 4 is 28.6 Å². The van der Waals surface area contributed by atoms with E-state index in [0.29, 0.717) is 41.9 Å². The smallest absolute Gasteiger partial charge is 0.306 e. The van der Waals surface area contributed by atoms with Crippen LogP contribution >= 0.6 is 0 Å². The number of pyridine rings is 1. The third-order valence-electron chi connectivity index (χ3n) is 7.58. The van der Waals surface area contributed by atoms with Crippen molar-refractivity contribution in [3.05, 3.63) is 64.7 Å². The summed E-state index contributed by atoms with van der Waals surface area (Å²) in [6.45, 7) is 9.17. The van der Waals surface area contributed by atoms with Crippen LogP contribution in [0, 0.1) is 12.7 Å². The molecule has 200 valence electrons. The van der Waals surface area contributed by atoms with Gasteiger partial charge in [0.25, 0.3) is 11.7 Å². The van der Waals surface area contributed by atoms with E-state index in [4.69, 9.17) is 0 Å². The van der Waals surface area contributed by atoms with Crippen molar-refractivity contribution in [1.29, 1.82) is 0 Å². The van der Waals surface area contributed by atoms with Gasteiger partial charge >= 0.3 is 5.91 Å². The summed E-state index contributed by atoms with van der Waals surface area (Å²) in [5.41, 5.74) is 5.33. The van der Waals surface area contributed by atoms with Gasteiger partial charge in [0.2, 0.25) is 0 Å². The molecule has 2 aliphatic heterocycles. The first-order valence-electron chi connectivity index (χ1n) is 13.1. The second-order valence-corrected chi connectivity index (χ2v) is 10.4. The maximum atomic E-state index is 13.7. The van der Waals surface area contributed by atoms with Crippen LogP contribution in [0.15, 0.2) is 36.5 Å². The van der Waals surface area contributed by atoms with Crippen LogP contribution in [-0.4, -0.2) is 80.6 Å². The Balaban J connectivity index is 1.33. The quantitative estimate of drug-likeness (QED) is 0.383. The molecule has 4 heterocycles. The number of carbonyl (C=O) groups excluding carboxylic acids is 3. The van der Waals surface area contributed by atoms with Crippen LogP contribution in [0.2, 0.25) is 0 Å².